The fourth-order valence-corrected chi connectivity index (χ4v) is 4.35. The Hall–Kier alpha value is -1.52. The molecule has 0 aliphatic carbocycles. The van der Waals surface area contributed by atoms with Crippen molar-refractivity contribution in [1.29, 1.82) is 0 Å². The summed E-state index contributed by atoms with van der Waals surface area (Å²) in [4.78, 5) is 13.6. The van der Waals surface area contributed by atoms with Crippen LogP contribution in [0, 0.1) is 0 Å². The Morgan fingerprint density at radius 3 is 2.97 bits per heavy atom. The molecule has 168 valence electrons. The summed E-state index contributed by atoms with van der Waals surface area (Å²) in [6.07, 6.45) is 9.80. The van der Waals surface area contributed by atoms with Crippen LogP contribution in [0.2, 0.25) is 0 Å². The minimum Gasteiger partial charge on any atom is -0.375 e. The van der Waals surface area contributed by atoms with Crippen molar-refractivity contribution in [3.05, 3.63) is 41.5 Å². The van der Waals surface area contributed by atoms with Crippen LogP contribution < -0.4 is 16.0 Å². The lowest BCUT2D eigenvalue weighted by atomic mass is 10.1. The number of hydrogen-bond acceptors (Lipinski definition) is 6. The fraction of sp³-hybridized carbons (Fsp3) is 0.500. The number of anilines is 2. The molecular weight excluding hydrogens is 530 g/mol. The number of nitrogens with zero attached hydrogens (tertiary/aromatic N) is 3. The molecular formula is C22H29ClFIN6. The van der Waals surface area contributed by atoms with Crippen LogP contribution in [-0.4, -0.2) is 57.3 Å². The summed E-state index contributed by atoms with van der Waals surface area (Å²) >= 11 is 8.21. The SMILES string of the molecule is C/C(C/C=C\CCl)=C(\Nc1ncnc2c1NCC(=NCC1(I)CCNC1)C=C2)[C@H](C)F. The summed E-state index contributed by atoms with van der Waals surface area (Å²) in [5.41, 5.74) is 3.86. The highest BCUT2D eigenvalue weighted by atomic mass is 127. The van der Waals surface area contributed by atoms with Crippen molar-refractivity contribution in [2.24, 2.45) is 4.99 Å². The van der Waals surface area contributed by atoms with Crippen LogP contribution in [0.4, 0.5) is 15.9 Å². The van der Waals surface area contributed by atoms with Gasteiger partial charge in [-0.25, -0.2) is 14.4 Å². The van der Waals surface area contributed by atoms with Crippen molar-refractivity contribution in [3.63, 3.8) is 0 Å². The Morgan fingerprint density at radius 2 is 2.26 bits per heavy atom. The summed E-state index contributed by atoms with van der Waals surface area (Å²) < 4.78 is 14.6. The van der Waals surface area contributed by atoms with Gasteiger partial charge in [-0.2, -0.15) is 0 Å². The fourth-order valence-electron chi connectivity index (χ4n) is 3.51. The van der Waals surface area contributed by atoms with E-state index in [9.17, 15) is 4.39 Å². The lowest BCUT2D eigenvalue weighted by molar-refractivity contribution is 0.410. The van der Waals surface area contributed by atoms with Crippen LogP contribution in [-0.2, 0) is 0 Å². The lowest BCUT2D eigenvalue weighted by Gasteiger charge is -2.19. The van der Waals surface area contributed by atoms with Gasteiger partial charge in [-0.05, 0) is 51.0 Å². The Balaban J connectivity index is 1.77. The molecule has 0 spiro atoms. The quantitative estimate of drug-likeness (QED) is 0.244. The molecule has 0 amide bonds. The van der Waals surface area contributed by atoms with Crippen LogP contribution >= 0.6 is 34.2 Å². The maximum atomic E-state index is 14.4. The summed E-state index contributed by atoms with van der Waals surface area (Å²) in [5.74, 6) is 0.997. The predicted octanol–water partition coefficient (Wildman–Crippen LogP) is 4.75. The third kappa shape index (κ3) is 6.73. The van der Waals surface area contributed by atoms with Gasteiger partial charge in [0.2, 0.25) is 0 Å². The number of alkyl halides is 3. The predicted molar refractivity (Wildman–Crippen MR) is 137 cm³/mol. The van der Waals surface area contributed by atoms with Crippen LogP contribution in [0.1, 0.15) is 32.4 Å². The molecule has 2 atom stereocenters. The number of hydrogen-bond donors (Lipinski definition) is 3. The molecule has 1 unspecified atom stereocenters. The van der Waals surface area contributed by atoms with Crippen LogP contribution in [0.3, 0.4) is 0 Å². The van der Waals surface area contributed by atoms with Crippen molar-refractivity contribution in [3.8, 4) is 0 Å². The van der Waals surface area contributed by atoms with Crippen molar-refractivity contribution in [2.75, 3.05) is 42.7 Å². The van der Waals surface area contributed by atoms with E-state index in [-0.39, 0.29) is 3.42 Å². The maximum absolute atomic E-state index is 14.4. The van der Waals surface area contributed by atoms with Gasteiger partial charge < -0.3 is 16.0 Å². The minimum atomic E-state index is -1.16. The van der Waals surface area contributed by atoms with E-state index in [1.165, 1.54) is 13.3 Å². The van der Waals surface area contributed by atoms with Gasteiger partial charge in [0.1, 0.15) is 18.2 Å². The number of allylic oxidation sites excluding steroid dienone is 4. The Labute approximate surface area is 202 Å². The van der Waals surface area contributed by atoms with E-state index in [1.807, 2.05) is 31.2 Å². The topological polar surface area (TPSA) is 74.2 Å². The number of aromatic nitrogens is 2. The number of nitrogens with one attached hydrogen (secondary N) is 3. The number of fused-ring (bicyclic) bond motifs is 1. The molecule has 0 aromatic carbocycles. The molecule has 3 rings (SSSR count). The molecule has 2 aliphatic rings. The Morgan fingerprint density at radius 1 is 1.42 bits per heavy atom. The average Bonchev–Trinajstić information content (AvgIpc) is 3.07. The standard InChI is InChI=1S/C22H29ClFIN6/c1-15(5-3-4-9-23)19(16(2)24)31-21-20-18(29-14-30-21)7-6-17(11-27-20)28-13-22(25)8-10-26-12-22/h3-4,6-7,14,16,26-27H,5,8-13H2,1-2H3,(H,29,30,31)/b4-3-,19-15+,28-17?/t16-,22?/m0/s1. The molecule has 1 fully saturated rings. The van der Waals surface area contributed by atoms with E-state index >= 15 is 0 Å². The van der Waals surface area contributed by atoms with Crippen molar-refractivity contribution in [2.45, 2.75) is 36.3 Å². The van der Waals surface area contributed by atoms with Crippen LogP contribution in [0.15, 0.2) is 40.8 Å². The first-order chi connectivity index (χ1) is 14.9. The molecule has 31 heavy (non-hydrogen) atoms. The first-order valence-electron chi connectivity index (χ1n) is 10.4. The zero-order valence-electron chi connectivity index (χ0n) is 17.9. The van der Waals surface area contributed by atoms with Crippen molar-refractivity contribution >= 4 is 57.5 Å². The first-order valence-corrected chi connectivity index (χ1v) is 12.0. The second kappa shape index (κ2) is 11.4. The van der Waals surface area contributed by atoms with Crippen LogP contribution in [0.25, 0.3) is 6.08 Å². The minimum absolute atomic E-state index is 0.177. The summed E-state index contributed by atoms with van der Waals surface area (Å²) in [5, 5.41) is 10.00. The maximum Gasteiger partial charge on any atom is 0.157 e. The molecule has 1 aromatic heterocycles. The number of aliphatic imine (C=N–C) groups is 1. The molecule has 0 bridgehead atoms. The van der Waals surface area contributed by atoms with E-state index in [0.717, 1.165) is 48.7 Å². The average molecular weight is 559 g/mol. The molecule has 1 saturated heterocycles. The van der Waals surface area contributed by atoms with Crippen molar-refractivity contribution in [1.82, 2.24) is 15.3 Å². The van der Waals surface area contributed by atoms with Crippen LogP contribution in [0.5, 0.6) is 0 Å². The zero-order chi connectivity index (χ0) is 22.3. The van der Waals surface area contributed by atoms with E-state index < -0.39 is 6.17 Å². The molecule has 0 saturated carbocycles. The van der Waals surface area contributed by atoms with Gasteiger partial charge in [0.15, 0.2) is 5.82 Å². The molecule has 9 heteroatoms. The van der Waals surface area contributed by atoms with E-state index in [1.54, 1.807) is 0 Å². The van der Waals surface area contributed by atoms with Gasteiger partial charge in [-0.3, -0.25) is 4.99 Å². The van der Waals surface area contributed by atoms with Gasteiger partial charge in [0.25, 0.3) is 0 Å². The first kappa shape index (κ1) is 24.1. The van der Waals surface area contributed by atoms with E-state index in [2.05, 4.69) is 48.5 Å². The highest BCUT2D eigenvalue weighted by Gasteiger charge is 2.30. The van der Waals surface area contributed by atoms with Gasteiger partial charge in [0.05, 0.1) is 33.6 Å². The van der Waals surface area contributed by atoms with Gasteiger partial charge in [-0.15, -0.1) is 11.6 Å². The van der Waals surface area contributed by atoms with Crippen molar-refractivity contribution < 1.29 is 4.39 Å². The Kier molecular flexibility index (Phi) is 8.85. The molecule has 3 N–H and O–H groups in total. The smallest absolute Gasteiger partial charge is 0.157 e. The highest BCUT2D eigenvalue weighted by molar-refractivity contribution is 14.1. The normalized spacial score (nSPS) is 24.0. The van der Waals surface area contributed by atoms with Gasteiger partial charge in [-0.1, -0.05) is 34.7 Å². The molecule has 6 nitrogen and oxygen atoms in total. The number of rotatable bonds is 8. The zero-order valence-corrected chi connectivity index (χ0v) is 20.8. The molecule has 2 aliphatic heterocycles. The highest BCUT2D eigenvalue weighted by Crippen LogP contribution is 2.29. The molecule has 0 radical (unpaired) electrons. The van der Waals surface area contributed by atoms with Gasteiger partial charge in [0, 0.05) is 12.4 Å². The third-order valence-corrected chi connectivity index (χ3v) is 6.74. The summed E-state index contributed by atoms with van der Waals surface area (Å²) in [7, 11) is 0. The van der Waals surface area contributed by atoms with E-state index in [0.29, 0.717) is 30.4 Å². The second-order valence-corrected chi connectivity index (χ2v) is 10.4. The largest absolute Gasteiger partial charge is 0.375 e. The summed E-state index contributed by atoms with van der Waals surface area (Å²) in [6.45, 7) is 6.79. The summed E-state index contributed by atoms with van der Waals surface area (Å²) in [6, 6.07) is 0. The monoisotopic (exact) mass is 558 g/mol. The number of halogens is 3. The van der Waals surface area contributed by atoms with Gasteiger partial charge >= 0.3 is 0 Å². The van der Waals surface area contributed by atoms with E-state index in [4.69, 9.17) is 16.6 Å². The second-order valence-electron chi connectivity index (χ2n) is 7.82. The lowest BCUT2D eigenvalue weighted by Crippen LogP contribution is -2.28. The third-order valence-electron chi connectivity index (χ3n) is 5.30. The molecule has 1 aromatic rings. The Bertz CT molecular complexity index is 890. The molecule has 3 heterocycles.